The SMILES string of the molecule is O=C(NCC1(C(=O)O)CCC1)N1CCCN(CCO)CC1. The molecule has 120 valence electrons. The number of hydrogen-bond acceptors (Lipinski definition) is 4. The Bertz CT molecular complexity index is 384. The number of carbonyl (C=O) groups excluding carboxylic acids is 1. The van der Waals surface area contributed by atoms with Crippen LogP contribution in [0.25, 0.3) is 0 Å². The molecule has 1 saturated heterocycles. The maximum atomic E-state index is 12.2. The lowest BCUT2D eigenvalue weighted by Gasteiger charge is -2.38. The zero-order valence-electron chi connectivity index (χ0n) is 12.4. The highest BCUT2D eigenvalue weighted by atomic mass is 16.4. The molecule has 0 atom stereocenters. The summed E-state index contributed by atoms with van der Waals surface area (Å²) in [6.45, 7) is 3.91. The van der Waals surface area contributed by atoms with Crippen LogP contribution >= 0.6 is 0 Å². The van der Waals surface area contributed by atoms with Gasteiger partial charge in [-0.05, 0) is 25.8 Å². The van der Waals surface area contributed by atoms with Gasteiger partial charge in [0.15, 0.2) is 0 Å². The summed E-state index contributed by atoms with van der Waals surface area (Å²) in [4.78, 5) is 27.3. The Labute approximate surface area is 124 Å². The zero-order valence-corrected chi connectivity index (χ0v) is 12.4. The number of nitrogens with zero attached hydrogens (tertiary/aromatic N) is 2. The van der Waals surface area contributed by atoms with Crippen LogP contribution in [0.2, 0.25) is 0 Å². The van der Waals surface area contributed by atoms with Crippen molar-refractivity contribution in [2.45, 2.75) is 25.7 Å². The van der Waals surface area contributed by atoms with E-state index in [4.69, 9.17) is 5.11 Å². The second-order valence-electron chi connectivity index (χ2n) is 6.00. The topological polar surface area (TPSA) is 93.1 Å². The lowest BCUT2D eigenvalue weighted by Crippen LogP contribution is -2.51. The molecule has 0 aromatic heterocycles. The first kappa shape index (κ1) is 16.0. The van der Waals surface area contributed by atoms with Crippen LogP contribution in [0.4, 0.5) is 4.79 Å². The van der Waals surface area contributed by atoms with E-state index in [1.165, 1.54) is 0 Å². The van der Waals surface area contributed by atoms with Crippen LogP contribution in [0.5, 0.6) is 0 Å². The predicted octanol–water partition coefficient (Wildman–Crippen LogP) is -0.0491. The van der Waals surface area contributed by atoms with Crippen molar-refractivity contribution in [2.24, 2.45) is 5.41 Å². The first-order valence-electron chi connectivity index (χ1n) is 7.67. The number of carboxylic acid groups (broad SMARTS) is 1. The number of carbonyl (C=O) groups is 2. The minimum Gasteiger partial charge on any atom is -0.481 e. The number of urea groups is 1. The summed E-state index contributed by atoms with van der Waals surface area (Å²) in [5.41, 5.74) is -0.746. The van der Waals surface area contributed by atoms with E-state index in [0.29, 0.717) is 32.5 Å². The summed E-state index contributed by atoms with van der Waals surface area (Å²) >= 11 is 0. The molecule has 0 spiro atoms. The number of rotatable bonds is 5. The molecule has 1 heterocycles. The van der Waals surface area contributed by atoms with Gasteiger partial charge in [-0.2, -0.15) is 0 Å². The standard InChI is InChI=1S/C14H25N3O4/c18-10-9-16-5-2-6-17(8-7-16)13(21)15-11-14(12(19)20)3-1-4-14/h18H,1-11H2,(H,15,21)(H,19,20). The van der Waals surface area contributed by atoms with E-state index in [9.17, 15) is 14.7 Å². The lowest BCUT2D eigenvalue weighted by atomic mass is 9.69. The Morgan fingerprint density at radius 2 is 1.86 bits per heavy atom. The molecule has 2 fully saturated rings. The maximum absolute atomic E-state index is 12.2. The Balaban J connectivity index is 1.79. The van der Waals surface area contributed by atoms with Gasteiger partial charge in [0.25, 0.3) is 0 Å². The van der Waals surface area contributed by atoms with E-state index in [-0.39, 0.29) is 19.2 Å². The number of aliphatic hydroxyl groups excluding tert-OH is 1. The van der Waals surface area contributed by atoms with Crippen molar-refractivity contribution in [2.75, 3.05) is 45.9 Å². The van der Waals surface area contributed by atoms with Crippen LogP contribution in [-0.4, -0.2) is 77.9 Å². The number of nitrogens with one attached hydrogen (secondary N) is 1. The van der Waals surface area contributed by atoms with Crippen LogP contribution in [0.15, 0.2) is 0 Å². The number of aliphatic carboxylic acids is 1. The van der Waals surface area contributed by atoms with Gasteiger partial charge in [-0.25, -0.2) is 4.79 Å². The van der Waals surface area contributed by atoms with E-state index >= 15 is 0 Å². The van der Waals surface area contributed by atoms with E-state index < -0.39 is 11.4 Å². The number of β-amino-alcohol motifs (C(OH)–C–C–N with tert-alkyl or cyclic N) is 1. The molecule has 1 saturated carbocycles. The Kier molecular flexibility index (Phi) is 5.41. The van der Waals surface area contributed by atoms with E-state index in [1.54, 1.807) is 4.90 Å². The van der Waals surface area contributed by atoms with Crippen molar-refractivity contribution in [3.8, 4) is 0 Å². The predicted molar refractivity (Wildman–Crippen MR) is 77.0 cm³/mol. The van der Waals surface area contributed by atoms with Crippen LogP contribution < -0.4 is 5.32 Å². The van der Waals surface area contributed by atoms with Crippen LogP contribution in [-0.2, 0) is 4.79 Å². The van der Waals surface area contributed by atoms with Gasteiger partial charge in [0.05, 0.1) is 12.0 Å². The third-order valence-corrected chi connectivity index (χ3v) is 4.63. The zero-order chi connectivity index (χ0) is 15.3. The van der Waals surface area contributed by atoms with Gasteiger partial charge in [-0.3, -0.25) is 9.69 Å². The van der Waals surface area contributed by atoms with Crippen molar-refractivity contribution in [1.82, 2.24) is 15.1 Å². The largest absolute Gasteiger partial charge is 0.481 e. The van der Waals surface area contributed by atoms with Gasteiger partial charge < -0.3 is 20.4 Å². The summed E-state index contributed by atoms with van der Waals surface area (Å²) in [5, 5.41) is 21.0. The van der Waals surface area contributed by atoms with E-state index in [0.717, 1.165) is 25.9 Å². The molecule has 1 aliphatic heterocycles. The highest BCUT2D eigenvalue weighted by Gasteiger charge is 2.44. The molecule has 1 aliphatic carbocycles. The van der Waals surface area contributed by atoms with Gasteiger partial charge in [0.1, 0.15) is 0 Å². The Morgan fingerprint density at radius 3 is 2.43 bits per heavy atom. The molecule has 0 bridgehead atoms. The smallest absolute Gasteiger partial charge is 0.317 e. The number of carboxylic acids is 1. The minimum absolute atomic E-state index is 0.132. The van der Waals surface area contributed by atoms with Crippen molar-refractivity contribution in [3.05, 3.63) is 0 Å². The van der Waals surface area contributed by atoms with Crippen molar-refractivity contribution in [3.63, 3.8) is 0 Å². The summed E-state index contributed by atoms with van der Waals surface area (Å²) < 4.78 is 0. The Hall–Kier alpha value is -1.34. The molecular weight excluding hydrogens is 274 g/mol. The second kappa shape index (κ2) is 7.09. The molecule has 3 N–H and O–H groups in total. The molecule has 7 nitrogen and oxygen atoms in total. The molecule has 2 aliphatic rings. The highest BCUT2D eigenvalue weighted by molar-refractivity contribution is 5.79. The molecule has 0 unspecified atom stereocenters. The fourth-order valence-corrected chi connectivity index (χ4v) is 2.97. The summed E-state index contributed by atoms with van der Waals surface area (Å²) in [6.07, 6.45) is 3.08. The molecular formula is C14H25N3O4. The highest BCUT2D eigenvalue weighted by Crippen LogP contribution is 2.40. The van der Waals surface area contributed by atoms with E-state index in [1.807, 2.05) is 0 Å². The van der Waals surface area contributed by atoms with Crippen LogP contribution in [0, 0.1) is 5.41 Å². The molecule has 21 heavy (non-hydrogen) atoms. The number of amides is 2. The van der Waals surface area contributed by atoms with Crippen LogP contribution in [0.3, 0.4) is 0 Å². The lowest BCUT2D eigenvalue weighted by molar-refractivity contribution is -0.153. The third-order valence-electron chi connectivity index (χ3n) is 4.63. The summed E-state index contributed by atoms with van der Waals surface area (Å²) in [5.74, 6) is -0.806. The van der Waals surface area contributed by atoms with E-state index in [2.05, 4.69) is 10.2 Å². The average molecular weight is 299 g/mol. The first-order valence-corrected chi connectivity index (χ1v) is 7.67. The van der Waals surface area contributed by atoms with Gasteiger partial charge in [-0.15, -0.1) is 0 Å². The fourth-order valence-electron chi connectivity index (χ4n) is 2.97. The third kappa shape index (κ3) is 3.85. The molecule has 0 aromatic rings. The second-order valence-corrected chi connectivity index (χ2v) is 6.00. The summed E-state index contributed by atoms with van der Waals surface area (Å²) in [7, 11) is 0. The number of aliphatic hydroxyl groups is 1. The monoisotopic (exact) mass is 299 g/mol. The van der Waals surface area contributed by atoms with Gasteiger partial charge in [0, 0.05) is 32.7 Å². The molecule has 0 aromatic carbocycles. The van der Waals surface area contributed by atoms with Crippen LogP contribution in [0.1, 0.15) is 25.7 Å². The van der Waals surface area contributed by atoms with Gasteiger partial charge in [0.2, 0.25) is 0 Å². The van der Waals surface area contributed by atoms with Gasteiger partial charge in [-0.1, -0.05) is 6.42 Å². The normalized spacial score (nSPS) is 22.2. The molecule has 7 heteroatoms. The Morgan fingerprint density at radius 1 is 1.10 bits per heavy atom. The maximum Gasteiger partial charge on any atom is 0.317 e. The molecule has 2 amide bonds. The van der Waals surface area contributed by atoms with Gasteiger partial charge >= 0.3 is 12.0 Å². The molecule has 0 radical (unpaired) electrons. The molecule has 2 rings (SSSR count). The first-order chi connectivity index (χ1) is 10.1. The van der Waals surface area contributed by atoms with Crippen molar-refractivity contribution in [1.29, 1.82) is 0 Å². The van der Waals surface area contributed by atoms with Crippen molar-refractivity contribution >= 4 is 12.0 Å². The summed E-state index contributed by atoms with van der Waals surface area (Å²) in [6, 6.07) is -0.173. The fraction of sp³-hybridized carbons (Fsp3) is 0.857. The quantitative estimate of drug-likeness (QED) is 0.662. The van der Waals surface area contributed by atoms with Crippen molar-refractivity contribution < 1.29 is 19.8 Å². The number of hydrogen-bond donors (Lipinski definition) is 3. The average Bonchev–Trinajstić information content (AvgIpc) is 2.63. The minimum atomic E-state index is -0.806.